The number of ether oxygens (including phenoxy) is 1. The summed E-state index contributed by atoms with van der Waals surface area (Å²) in [7, 11) is 0. The Bertz CT molecular complexity index is 412. The third-order valence-corrected chi connectivity index (χ3v) is 3.86. The number of hydrogen-bond acceptors (Lipinski definition) is 2. The summed E-state index contributed by atoms with van der Waals surface area (Å²) in [5, 5.41) is 3.66. The molecule has 18 heavy (non-hydrogen) atoms. The molecule has 0 spiro atoms. The van der Waals surface area contributed by atoms with E-state index in [1.165, 1.54) is 16.7 Å². The quantitative estimate of drug-likeness (QED) is 0.884. The molecule has 1 aliphatic rings. The van der Waals surface area contributed by atoms with Crippen molar-refractivity contribution in [2.75, 3.05) is 6.61 Å². The highest BCUT2D eigenvalue weighted by Crippen LogP contribution is 2.24. The number of aryl methyl sites for hydroxylation is 2. The van der Waals surface area contributed by atoms with Crippen LogP contribution in [0.4, 0.5) is 0 Å². The van der Waals surface area contributed by atoms with Gasteiger partial charge in [0, 0.05) is 19.2 Å². The van der Waals surface area contributed by atoms with Crippen LogP contribution >= 0.6 is 0 Å². The van der Waals surface area contributed by atoms with Gasteiger partial charge in [0.15, 0.2) is 0 Å². The largest absolute Gasteiger partial charge is 0.375 e. The Balaban J connectivity index is 1.89. The predicted molar refractivity (Wildman–Crippen MR) is 75.8 cm³/mol. The van der Waals surface area contributed by atoms with Gasteiger partial charge in [-0.15, -0.1) is 0 Å². The summed E-state index contributed by atoms with van der Waals surface area (Å²) in [5.74, 6) is 0. The molecule has 1 unspecified atom stereocenters. The predicted octanol–water partition coefficient (Wildman–Crippen LogP) is 3.35. The Morgan fingerprint density at radius 1 is 1.28 bits per heavy atom. The molecule has 2 nitrogen and oxygen atoms in total. The molecule has 100 valence electrons. The second kappa shape index (κ2) is 5.41. The van der Waals surface area contributed by atoms with Gasteiger partial charge in [0.2, 0.25) is 0 Å². The van der Waals surface area contributed by atoms with Gasteiger partial charge in [0.1, 0.15) is 0 Å². The van der Waals surface area contributed by atoms with E-state index in [2.05, 4.69) is 51.2 Å². The molecule has 0 radical (unpaired) electrons. The van der Waals surface area contributed by atoms with Crippen molar-refractivity contribution in [3.8, 4) is 0 Å². The fraction of sp³-hybridized carbons (Fsp3) is 0.625. The Labute approximate surface area is 111 Å². The molecule has 1 N–H and O–H groups in total. The van der Waals surface area contributed by atoms with Gasteiger partial charge in [0.05, 0.1) is 5.60 Å². The molecule has 0 saturated carbocycles. The van der Waals surface area contributed by atoms with Crippen LogP contribution in [-0.4, -0.2) is 18.2 Å². The lowest BCUT2D eigenvalue weighted by Crippen LogP contribution is -2.43. The van der Waals surface area contributed by atoms with E-state index in [1.807, 2.05) is 0 Å². The first kappa shape index (κ1) is 13.6. The zero-order chi connectivity index (χ0) is 13.2. The third kappa shape index (κ3) is 3.56. The SMILES string of the molecule is Cc1ccc(CNC2CCOC(C)(C)C2)cc1C. The van der Waals surface area contributed by atoms with Crippen molar-refractivity contribution in [1.29, 1.82) is 0 Å². The average Bonchev–Trinajstić information content (AvgIpc) is 2.29. The molecular weight excluding hydrogens is 222 g/mol. The van der Waals surface area contributed by atoms with Crippen molar-refractivity contribution in [1.82, 2.24) is 5.32 Å². The smallest absolute Gasteiger partial charge is 0.0641 e. The Morgan fingerprint density at radius 3 is 2.72 bits per heavy atom. The summed E-state index contributed by atoms with van der Waals surface area (Å²) in [6.45, 7) is 10.5. The molecule has 0 aromatic heterocycles. The van der Waals surface area contributed by atoms with Gasteiger partial charge in [-0.25, -0.2) is 0 Å². The standard InChI is InChI=1S/C16H25NO/c1-12-5-6-14(9-13(12)2)11-17-15-7-8-18-16(3,4)10-15/h5-6,9,15,17H,7-8,10-11H2,1-4H3. The molecule has 1 aromatic carbocycles. The van der Waals surface area contributed by atoms with Crippen molar-refractivity contribution in [3.05, 3.63) is 34.9 Å². The summed E-state index contributed by atoms with van der Waals surface area (Å²) in [4.78, 5) is 0. The second-order valence-corrected chi connectivity index (χ2v) is 6.10. The summed E-state index contributed by atoms with van der Waals surface area (Å²) >= 11 is 0. The molecule has 2 heteroatoms. The third-order valence-electron chi connectivity index (χ3n) is 3.86. The van der Waals surface area contributed by atoms with Gasteiger partial charge < -0.3 is 10.1 Å². The topological polar surface area (TPSA) is 21.3 Å². The van der Waals surface area contributed by atoms with Gasteiger partial charge in [-0.05, 0) is 57.2 Å². The summed E-state index contributed by atoms with van der Waals surface area (Å²) in [6.07, 6.45) is 2.21. The lowest BCUT2D eigenvalue weighted by Gasteiger charge is -2.36. The summed E-state index contributed by atoms with van der Waals surface area (Å²) < 4.78 is 5.74. The van der Waals surface area contributed by atoms with Gasteiger partial charge in [-0.3, -0.25) is 0 Å². The van der Waals surface area contributed by atoms with Crippen LogP contribution in [0, 0.1) is 13.8 Å². The van der Waals surface area contributed by atoms with Gasteiger partial charge in [-0.2, -0.15) is 0 Å². The van der Waals surface area contributed by atoms with Crippen LogP contribution in [-0.2, 0) is 11.3 Å². The second-order valence-electron chi connectivity index (χ2n) is 6.10. The van der Waals surface area contributed by atoms with Crippen LogP contribution < -0.4 is 5.32 Å². The van der Waals surface area contributed by atoms with Gasteiger partial charge >= 0.3 is 0 Å². The van der Waals surface area contributed by atoms with E-state index in [4.69, 9.17) is 4.74 Å². The lowest BCUT2D eigenvalue weighted by molar-refractivity contribution is -0.0630. The monoisotopic (exact) mass is 247 g/mol. The number of nitrogens with one attached hydrogen (secondary N) is 1. The number of rotatable bonds is 3. The fourth-order valence-corrected chi connectivity index (χ4v) is 2.58. The van der Waals surface area contributed by atoms with E-state index in [1.54, 1.807) is 0 Å². The van der Waals surface area contributed by atoms with Crippen LogP contribution in [0.5, 0.6) is 0 Å². The van der Waals surface area contributed by atoms with E-state index >= 15 is 0 Å². The maximum atomic E-state index is 5.74. The van der Waals surface area contributed by atoms with Crippen LogP contribution in [0.3, 0.4) is 0 Å². The Hall–Kier alpha value is -0.860. The summed E-state index contributed by atoms with van der Waals surface area (Å²) in [5.41, 5.74) is 4.15. The maximum Gasteiger partial charge on any atom is 0.0641 e. The summed E-state index contributed by atoms with van der Waals surface area (Å²) in [6, 6.07) is 7.29. The van der Waals surface area contributed by atoms with Crippen molar-refractivity contribution < 1.29 is 4.74 Å². The van der Waals surface area contributed by atoms with Crippen molar-refractivity contribution >= 4 is 0 Å². The minimum absolute atomic E-state index is 0.0269. The molecule has 0 amide bonds. The highest BCUT2D eigenvalue weighted by Gasteiger charge is 2.28. The normalized spacial score (nSPS) is 23.0. The zero-order valence-corrected chi connectivity index (χ0v) is 12.0. The van der Waals surface area contributed by atoms with Crippen LogP contribution in [0.1, 0.15) is 43.4 Å². The lowest BCUT2D eigenvalue weighted by atomic mass is 9.94. The minimum Gasteiger partial charge on any atom is -0.375 e. The zero-order valence-electron chi connectivity index (χ0n) is 12.0. The number of hydrogen-bond donors (Lipinski definition) is 1. The Kier molecular flexibility index (Phi) is 4.08. The molecule has 0 aliphatic carbocycles. The van der Waals surface area contributed by atoms with E-state index < -0.39 is 0 Å². The Morgan fingerprint density at radius 2 is 2.06 bits per heavy atom. The van der Waals surface area contributed by atoms with Crippen LogP contribution in [0.25, 0.3) is 0 Å². The van der Waals surface area contributed by atoms with Crippen LogP contribution in [0.2, 0.25) is 0 Å². The fourth-order valence-electron chi connectivity index (χ4n) is 2.58. The molecular formula is C16H25NO. The van der Waals surface area contributed by atoms with Gasteiger partial charge in [-0.1, -0.05) is 18.2 Å². The molecule has 2 rings (SSSR count). The van der Waals surface area contributed by atoms with E-state index in [0.29, 0.717) is 6.04 Å². The highest BCUT2D eigenvalue weighted by molar-refractivity contribution is 5.29. The number of benzene rings is 1. The van der Waals surface area contributed by atoms with Gasteiger partial charge in [0.25, 0.3) is 0 Å². The molecule has 1 aliphatic heterocycles. The van der Waals surface area contributed by atoms with E-state index in [9.17, 15) is 0 Å². The molecule has 1 atom stereocenters. The first-order chi connectivity index (χ1) is 8.46. The molecule has 0 bridgehead atoms. The molecule has 1 heterocycles. The highest BCUT2D eigenvalue weighted by atomic mass is 16.5. The maximum absolute atomic E-state index is 5.74. The minimum atomic E-state index is 0.0269. The molecule has 1 saturated heterocycles. The van der Waals surface area contributed by atoms with Crippen molar-refractivity contribution in [2.24, 2.45) is 0 Å². The average molecular weight is 247 g/mol. The van der Waals surface area contributed by atoms with E-state index in [-0.39, 0.29) is 5.60 Å². The first-order valence-electron chi connectivity index (χ1n) is 6.90. The van der Waals surface area contributed by atoms with Crippen LogP contribution in [0.15, 0.2) is 18.2 Å². The molecule has 1 fully saturated rings. The molecule has 1 aromatic rings. The van der Waals surface area contributed by atoms with Crippen molar-refractivity contribution in [2.45, 2.75) is 58.7 Å². The van der Waals surface area contributed by atoms with Crippen molar-refractivity contribution in [3.63, 3.8) is 0 Å². The first-order valence-corrected chi connectivity index (χ1v) is 6.90. The van der Waals surface area contributed by atoms with E-state index in [0.717, 1.165) is 26.0 Å².